The average Bonchev–Trinajstić information content (AvgIpc) is 2.16. The van der Waals surface area contributed by atoms with E-state index in [0.29, 0.717) is 5.69 Å². The quantitative estimate of drug-likeness (QED) is 0.383. The average molecular weight is 205 g/mol. The van der Waals surface area contributed by atoms with Crippen LogP contribution in [0.4, 0.5) is 5.69 Å². The summed E-state index contributed by atoms with van der Waals surface area (Å²) in [6.45, 7) is 0. The zero-order chi connectivity index (χ0) is 11.3. The summed E-state index contributed by atoms with van der Waals surface area (Å²) in [6, 6.07) is 6.84. The molecule has 0 amide bonds. The molecule has 0 aliphatic rings. The fourth-order valence-electron chi connectivity index (χ4n) is 0.977. The monoisotopic (exact) mass is 205 g/mol. The summed E-state index contributed by atoms with van der Waals surface area (Å²) in [5.41, 5.74) is 11.8. The van der Waals surface area contributed by atoms with Crippen LogP contribution in [0.25, 0.3) is 6.08 Å². The predicted molar refractivity (Wildman–Crippen MR) is 58.6 cm³/mol. The lowest BCUT2D eigenvalue weighted by molar-refractivity contribution is -0.131. The van der Waals surface area contributed by atoms with Gasteiger partial charge in [0.15, 0.2) is 5.96 Å². The Kier molecular flexibility index (Phi) is 3.45. The molecule has 1 rings (SSSR count). The lowest BCUT2D eigenvalue weighted by atomic mass is 10.2. The third-order valence-electron chi connectivity index (χ3n) is 1.57. The van der Waals surface area contributed by atoms with E-state index in [1.165, 1.54) is 6.08 Å². The van der Waals surface area contributed by atoms with E-state index in [1.807, 2.05) is 0 Å². The predicted octanol–water partition coefficient (Wildman–Crippen LogP) is 0.689. The van der Waals surface area contributed by atoms with Gasteiger partial charge in [-0.1, -0.05) is 12.1 Å². The third-order valence-corrected chi connectivity index (χ3v) is 1.57. The van der Waals surface area contributed by atoms with Gasteiger partial charge in [0.25, 0.3) is 0 Å². The third kappa shape index (κ3) is 3.95. The standard InChI is InChI=1S/C10H11N3O2/c11-10(12)13-8-4-1-7(2-5-8)3-6-9(14)15/h1-6H,(H,14,15)(H4,11,12,13)/b6-3+. The van der Waals surface area contributed by atoms with E-state index in [9.17, 15) is 4.79 Å². The van der Waals surface area contributed by atoms with E-state index in [2.05, 4.69) is 4.99 Å². The van der Waals surface area contributed by atoms with Crippen molar-refractivity contribution in [2.75, 3.05) is 0 Å². The second-order valence-electron chi connectivity index (χ2n) is 2.80. The maximum absolute atomic E-state index is 10.2. The van der Waals surface area contributed by atoms with Crippen LogP contribution >= 0.6 is 0 Å². The van der Waals surface area contributed by atoms with Crippen molar-refractivity contribution < 1.29 is 9.90 Å². The van der Waals surface area contributed by atoms with Crippen molar-refractivity contribution in [2.24, 2.45) is 16.5 Å². The van der Waals surface area contributed by atoms with Crippen LogP contribution < -0.4 is 11.5 Å². The van der Waals surface area contributed by atoms with Gasteiger partial charge in [0.05, 0.1) is 5.69 Å². The number of carboxylic acids is 1. The molecule has 78 valence electrons. The van der Waals surface area contributed by atoms with Crippen LogP contribution in [-0.2, 0) is 4.79 Å². The minimum atomic E-state index is -0.983. The Bertz CT molecular complexity index is 403. The van der Waals surface area contributed by atoms with Crippen LogP contribution in [-0.4, -0.2) is 17.0 Å². The Morgan fingerprint density at radius 2 is 1.87 bits per heavy atom. The van der Waals surface area contributed by atoms with Gasteiger partial charge in [0.1, 0.15) is 0 Å². The molecule has 0 heterocycles. The van der Waals surface area contributed by atoms with Crippen LogP contribution in [0, 0.1) is 0 Å². The van der Waals surface area contributed by atoms with E-state index in [-0.39, 0.29) is 5.96 Å². The molecule has 5 N–H and O–H groups in total. The number of nitrogens with two attached hydrogens (primary N) is 2. The molecule has 1 aromatic rings. The SMILES string of the molecule is NC(N)=Nc1ccc(/C=C/C(=O)O)cc1. The highest BCUT2D eigenvalue weighted by Gasteiger charge is 1.91. The second-order valence-corrected chi connectivity index (χ2v) is 2.80. The van der Waals surface area contributed by atoms with Crippen LogP contribution in [0.2, 0.25) is 0 Å². The van der Waals surface area contributed by atoms with Crippen molar-refractivity contribution in [3.63, 3.8) is 0 Å². The van der Waals surface area contributed by atoms with Crippen molar-refractivity contribution in [3.05, 3.63) is 35.9 Å². The molecule has 0 radical (unpaired) electrons. The van der Waals surface area contributed by atoms with Gasteiger partial charge in [-0.2, -0.15) is 0 Å². The summed E-state index contributed by atoms with van der Waals surface area (Å²) in [4.78, 5) is 14.1. The molecular weight excluding hydrogens is 194 g/mol. The maximum atomic E-state index is 10.2. The molecule has 0 saturated carbocycles. The highest BCUT2D eigenvalue weighted by Crippen LogP contribution is 2.13. The fourth-order valence-corrected chi connectivity index (χ4v) is 0.977. The summed E-state index contributed by atoms with van der Waals surface area (Å²) >= 11 is 0. The maximum Gasteiger partial charge on any atom is 0.328 e. The molecule has 15 heavy (non-hydrogen) atoms. The number of aliphatic carboxylic acids is 1. The number of guanidine groups is 1. The number of hydrogen-bond acceptors (Lipinski definition) is 2. The minimum absolute atomic E-state index is 0.0103. The normalized spacial score (nSPS) is 10.1. The van der Waals surface area contributed by atoms with Gasteiger partial charge in [-0.3, -0.25) is 0 Å². The van der Waals surface area contributed by atoms with Gasteiger partial charge in [-0.25, -0.2) is 9.79 Å². The Labute approximate surface area is 86.7 Å². The lowest BCUT2D eigenvalue weighted by Gasteiger charge is -1.96. The van der Waals surface area contributed by atoms with Gasteiger partial charge >= 0.3 is 5.97 Å². The van der Waals surface area contributed by atoms with Crippen molar-refractivity contribution in [1.29, 1.82) is 0 Å². The molecule has 0 aliphatic carbocycles. The zero-order valence-electron chi connectivity index (χ0n) is 7.92. The van der Waals surface area contributed by atoms with Crippen LogP contribution in [0.1, 0.15) is 5.56 Å². The van der Waals surface area contributed by atoms with Gasteiger partial charge < -0.3 is 16.6 Å². The van der Waals surface area contributed by atoms with Crippen molar-refractivity contribution in [2.45, 2.75) is 0 Å². The first kappa shape index (κ1) is 10.8. The molecule has 5 nitrogen and oxygen atoms in total. The lowest BCUT2D eigenvalue weighted by Crippen LogP contribution is -2.21. The molecule has 0 aliphatic heterocycles. The summed E-state index contributed by atoms with van der Waals surface area (Å²) < 4.78 is 0. The summed E-state index contributed by atoms with van der Waals surface area (Å²) in [6.07, 6.45) is 2.55. The molecule has 0 atom stereocenters. The molecule has 0 saturated heterocycles. The van der Waals surface area contributed by atoms with Crippen LogP contribution in [0.3, 0.4) is 0 Å². The second kappa shape index (κ2) is 4.80. The summed E-state index contributed by atoms with van der Waals surface area (Å²) in [5.74, 6) is -0.993. The van der Waals surface area contributed by atoms with Gasteiger partial charge in [-0.05, 0) is 23.8 Å². The van der Waals surface area contributed by atoms with E-state index in [1.54, 1.807) is 24.3 Å². The number of rotatable bonds is 3. The first-order valence-corrected chi connectivity index (χ1v) is 4.18. The zero-order valence-corrected chi connectivity index (χ0v) is 7.92. The fraction of sp³-hybridized carbons (Fsp3) is 0. The largest absolute Gasteiger partial charge is 0.478 e. The molecule has 1 aromatic carbocycles. The van der Waals surface area contributed by atoms with Crippen molar-refractivity contribution >= 4 is 23.7 Å². The number of aliphatic imine (C=N–C) groups is 1. The molecule has 0 unspecified atom stereocenters. The minimum Gasteiger partial charge on any atom is -0.478 e. The molecule has 0 fully saturated rings. The first-order valence-electron chi connectivity index (χ1n) is 4.18. The highest BCUT2D eigenvalue weighted by molar-refractivity contribution is 5.85. The van der Waals surface area contributed by atoms with E-state index in [4.69, 9.17) is 16.6 Å². The Morgan fingerprint density at radius 1 is 1.27 bits per heavy atom. The number of nitrogens with zero attached hydrogens (tertiary/aromatic N) is 1. The van der Waals surface area contributed by atoms with Crippen LogP contribution in [0.15, 0.2) is 35.3 Å². The molecule has 0 spiro atoms. The van der Waals surface area contributed by atoms with Gasteiger partial charge in [-0.15, -0.1) is 0 Å². The Hall–Kier alpha value is -2.30. The number of benzene rings is 1. The molecule has 0 bridgehead atoms. The van der Waals surface area contributed by atoms with Gasteiger partial charge in [0.2, 0.25) is 0 Å². The smallest absolute Gasteiger partial charge is 0.328 e. The molecule has 0 aromatic heterocycles. The Morgan fingerprint density at radius 3 is 2.33 bits per heavy atom. The summed E-state index contributed by atoms with van der Waals surface area (Å²) in [5, 5.41) is 8.41. The number of carbonyl (C=O) groups is 1. The molecule has 5 heteroatoms. The van der Waals surface area contributed by atoms with E-state index < -0.39 is 5.97 Å². The number of hydrogen-bond donors (Lipinski definition) is 3. The number of carboxylic acid groups (broad SMARTS) is 1. The summed E-state index contributed by atoms with van der Waals surface area (Å²) in [7, 11) is 0. The van der Waals surface area contributed by atoms with E-state index >= 15 is 0 Å². The van der Waals surface area contributed by atoms with Gasteiger partial charge in [0, 0.05) is 6.08 Å². The Balaban J connectivity index is 2.81. The topological polar surface area (TPSA) is 102 Å². The van der Waals surface area contributed by atoms with Crippen molar-refractivity contribution in [3.8, 4) is 0 Å². The molecular formula is C10H11N3O2. The first-order chi connectivity index (χ1) is 7.08. The van der Waals surface area contributed by atoms with E-state index in [0.717, 1.165) is 11.6 Å². The highest BCUT2D eigenvalue weighted by atomic mass is 16.4. The van der Waals surface area contributed by atoms with Crippen molar-refractivity contribution in [1.82, 2.24) is 0 Å². The van der Waals surface area contributed by atoms with Crippen LogP contribution in [0.5, 0.6) is 0 Å².